The zero-order valence-electron chi connectivity index (χ0n) is 25.2. The number of amides is 3. The van der Waals surface area contributed by atoms with Crippen LogP contribution in [0.25, 0.3) is 0 Å². The summed E-state index contributed by atoms with van der Waals surface area (Å²) < 4.78 is 10.7. The third-order valence-corrected chi connectivity index (χ3v) is 7.75. The van der Waals surface area contributed by atoms with Crippen molar-refractivity contribution in [3.05, 3.63) is 0 Å². The predicted octanol–water partition coefficient (Wildman–Crippen LogP) is 0.789. The van der Waals surface area contributed by atoms with Crippen LogP contribution >= 0.6 is 23.5 Å². The minimum Gasteiger partial charge on any atom is -0.481 e. The van der Waals surface area contributed by atoms with Gasteiger partial charge in [0.2, 0.25) is 11.8 Å². The van der Waals surface area contributed by atoms with Crippen LogP contribution in [0, 0.1) is 17.3 Å². The Hall–Kier alpha value is -2.40. The van der Waals surface area contributed by atoms with Crippen LogP contribution in [0.2, 0.25) is 0 Å². The van der Waals surface area contributed by atoms with Crippen LogP contribution in [0.3, 0.4) is 0 Å². The summed E-state index contributed by atoms with van der Waals surface area (Å²) in [5.41, 5.74) is -1.16. The molecule has 0 aliphatic rings. The SMILES string of the molecule is CNC(CSCC(=O)NCCOCCOCCNC(=O)SC(NC(=O)C(C)(C)CC(C)C(=O)O)C(=O)O)C(=O)C(C)C. The van der Waals surface area contributed by atoms with E-state index in [0.717, 1.165) is 0 Å². The third kappa shape index (κ3) is 17.5. The first-order valence-corrected chi connectivity index (χ1v) is 15.6. The molecule has 0 aliphatic heterocycles. The Labute approximate surface area is 255 Å². The van der Waals surface area contributed by atoms with Gasteiger partial charge in [-0.05, 0) is 25.2 Å². The third-order valence-electron chi connectivity index (χ3n) is 5.80. The van der Waals surface area contributed by atoms with Crippen molar-refractivity contribution in [3.63, 3.8) is 0 Å². The maximum absolute atomic E-state index is 12.5. The van der Waals surface area contributed by atoms with E-state index in [2.05, 4.69) is 21.3 Å². The van der Waals surface area contributed by atoms with Gasteiger partial charge >= 0.3 is 11.9 Å². The van der Waals surface area contributed by atoms with E-state index in [1.165, 1.54) is 32.5 Å². The predicted molar refractivity (Wildman–Crippen MR) is 160 cm³/mol. The number of hydrogen-bond acceptors (Lipinski definition) is 11. The molecule has 0 aromatic heterocycles. The summed E-state index contributed by atoms with van der Waals surface area (Å²) >= 11 is 1.76. The van der Waals surface area contributed by atoms with Crippen LogP contribution < -0.4 is 21.3 Å². The monoisotopic (exact) mass is 638 g/mol. The van der Waals surface area contributed by atoms with Crippen LogP contribution in [0.15, 0.2) is 0 Å². The first-order chi connectivity index (χ1) is 19.6. The number of ether oxygens (including phenoxy) is 2. The highest BCUT2D eigenvalue weighted by Gasteiger charge is 2.35. The Morgan fingerprint density at radius 3 is 1.93 bits per heavy atom. The van der Waals surface area contributed by atoms with Gasteiger partial charge in [-0.1, -0.05) is 34.6 Å². The summed E-state index contributed by atoms with van der Waals surface area (Å²) in [6.07, 6.45) is -0.00742. The van der Waals surface area contributed by atoms with E-state index in [1.54, 1.807) is 7.05 Å². The van der Waals surface area contributed by atoms with Crippen molar-refractivity contribution in [3.8, 4) is 0 Å². The van der Waals surface area contributed by atoms with E-state index in [4.69, 9.17) is 14.6 Å². The van der Waals surface area contributed by atoms with E-state index in [-0.39, 0.29) is 68.8 Å². The van der Waals surface area contributed by atoms with Gasteiger partial charge in [0.15, 0.2) is 11.2 Å². The van der Waals surface area contributed by atoms with Gasteiger partial charge in [-0.15, -0.1) is 11.8 Å². The molecule has 0 bridgehead atoms. The number of nitrogens with one attached hydrogen (secondary N) is 4. The van der Waals surface area contributed by atoms with Gasteiger partial charge < -0.3 is 41.0 Å². The van der Waals surface area contributed by atoms with Crippen LogP contribution in [-0.2, 0) is 33.4 Å². The average molecular weight is 639 g/mol. The quantitative estimate of drug-likeness (QED) is 0.0676. The number of likely N-dealkylation sites (N-methyl/N-ethyl adjacent to an activating group) is 1. The maximum Gasteiger partial charge on any atom is 0.337 e. The second-order valence-corrected chi connectivity index (χ2v) is 12.4. The van der Waals surface area contributed by atoms with Gasteiger partial charge in [0.25, 0.3) is 5.24 Å². The van der Waals surface area contributed by atoms with Gasteiger partial charge in [0, 0.05) is 30.2 Å². The normalized spacial score (nSPS) is 13.6. The first-order valence-electron chi connectivity index (χ1n) is 13.5. The van der Waals surface area contributed by atoms with Gasteiger partial charge in [0.05, 0.1) is 44.1 Å². The van der Waals surface area contributed by atoms with Crippen molar-refractivity contribution in [1.29, 1.82) is 0 Å². The van der Waals surface area contributed by atoms with Crippen LogP contribution in [0.4, 0.5) is 4.79 Å². The number of ketones is 1. The lowest BCUT2D eigenvalue weighted by molar-refractivity contribution is -0.144. The fourth-order valence-corrected chi connectivity index (χ4v) is 5.03. The fraction of sp³-hybridized carbons (Fsp3) is 0.769. The second-order valence-electron chi connectivity index (χ2n) is 10.3. The Morgan fingerprint density at radius 2 is 1.43 bits per heavy atom. The molecule has 0 saturated carbocycles. The molecule has 0 spiro atoms. The van der Waals surface area contributed by atoms with Crippen molar-refractivity contribution in [1.82, 2.24) is 21.3 Å². The molecule has 6 N–H and O–H groups in total. The van der Waals surface area contributed by atoms with Crippen LogP contribution in [-0.4, -0.2) is 114 Å². The molecule has 0 aliphatic carbocycles. The van der Waals surface area contributed by atoms with Crippen LogP contribution in [0.1, 0.15) is 41.0 Å². The Balaban J connectivity index is 4.05. The smallest absolute Gasteiger partial charge is 0.337 e. The minimum atomic E-state index is -1.55. The highest BCUT2D eigenvalue weighted by atomic mass is 32.2. The van der Waals surface area contributed by atoms with Crippen molar-refractivity contribution in [2.75, 3.05) is 58.1 Å². The summed E-state index contributed by atoms with van der Waals surface area (Å²) in [6, 6.07) is -0.285. The first kappa shape index (κ1) is 39.6. The molecule has 0 rings (SSSR count). The lowest BCUT2D eigenvalue weighted by atomic mass is 9.82. The van der Waals surface area contributed by atoms with Crippen molar-refractivity contribution < 1.29 is 48.5 Å². The highest BCUT2D eigenvalue weighted by Crippen LogP contribution is 2.27. The standard InChI is InChI=1S/C26H46N4O10S2/c1-16(2)20(32)18(27-6)14-41-15-19(31)28-7-9-39-11-12-40-10-8-29-25(38)42-21(23(35)36)30-24(37)26(4,5)13-17(3)22(33)34/h16-18,21,27H,7-15H2,1-6H3,(H,28,31)(H,29,38)(H,30,37)(H,33,34)(H,35,36). The minimum absolute atomic E-state index is 0.00742. The molecule has 3 amide bonds. The molecular weight excluding hydrogens is 592 g/mol. The summed E-state index contributed by atoms with van der Waals surface area (Å²) in [6.45, 7) is 9.48. The molecule has 0 aromatic carbocycles. The maximum atomic E-state index is 12.5. The molecule has 0 fully saturated rings. The van der Waals surface area contributed by atoms with Crippen molar-refractivity contribution >= 4 is 58.3 Å². The number of carbonyl (C=O) groups excluding carboxylic acids is 4. The van der Waals surface area contributed by atoms with E-state index < -0.39 is 39.8 Å². The topological polar surface area (TPSA) is 209 Å². The number of aliphatic carboxylic acids is 2. The zero-order chi connectivity index (χ0) is 32.3. The Bertz CT molecular complexity index is 904. The summed E-state index contributed by atoms with van der Waals surface area (Å²) in [5.74, 6) is -3.34. The number of Topliss-reactive ketones (excluding diaryl/α,β-unsaturated/α-hetero) is 1. The van der Waals surface area contributed by atoms with E-state index in [9.17, 15) is 33.9 Å². The zero-order valence-corrected chi connectivity index (χ0v) is 26.8. The largest absolute Gasteiger partial charge is 0.481 e. The molecular formula is C26H46N4O10S2. The molecule has 3 atom stereocenters. The summed E-state index contributed by atoms with van der Waals surface area (Å²) in [5, 5.41) is 26.7. The number of carboxylic acid groups (broad SMARTS) is 2. The molecule has 16 heteroatoms. The second kappa shape index (κ2) is 21.3. The lowest BCUT2D eigenvalue weighted by Crippen LogP contribution is -2.47. The summed E-state index contributed by atoms with van der Waals surface area (Å²) in [4.78, 5) is 71.2. The molecule has 0 aromatic rings. The molecule has 42 heavy (non-hydrogen) atoms. The molecule has 0 radical (unpaired) electrons. The fourth-order valence-electron chi connectivity index (χ4n) is 3.39. The number of thioether (sulfide) groups is 2. The number of hydrogen-bond donors (Lipinski definition) is 6. The number of rotatable bonds is 23. The Kier molecular flexibility index (Phi) is 20.1. The number of carboxylic acids is 2. The lowest BCUT2D eigenvalue weighted by Gasteiger charge is -2.27. The number of carbonyl (C=O) groups is 6. The van der Waals surface area contributed by atoms with E-state index in [1.807, 2.05) is 13.8 Å². The van der Waals surface area contributed by atoms with E-state index in [0.29, 0.717) is 24.1 Å². The molecule has 242 valence electrons. The van der Waals surface area contributed by atoms with Crippen molar-refractivity contribution in [2.24, 2.45) is 17.3 Å². The van der Waals surface area contributed by atoms with Gasteiger partial charge in [-0.2, -0.15) is 0 Å². The Morgan fingerprint density at radius 1 is 0.857 bits per heavy atom. The average Bonchev–Trinajstić information content (AvgIpc) is 2.90. The van der Waals surface area contributed by atoms with Gasteiger partial charge in [-0.25, -0.2) is 4.79 Å². The van der Waals surface area contributed by atoms with Crippen molar-refractivity contribution in [2.45, 2.75) is 52.5 Å². The van der Waals surface area contributed by atoms with Crippen LogP contribution in [0.5, 0.6) is 0 Å². The van der Waals surface area contributed by atoms with E-state index >= 15 is 0 Å². The van der Waals surface area contributed by atoms with Gasteiger partial charge in [0.1, 0.15) is 0 Å². The van der Waals surface area contributed by atoms with Gasteiger partial charge in [-0.3, -0.25) is 24.0 Å². The highest BCUT2D eigenvalue weighted by molar-refractivity contribution is 8.14. The molecule has 14 nitrogen and oxygen atoms in total. The molecule has 0 heterocycles. The summed E-state index contributed by atoms with van der Waals surface area (Å²) in [7, 11) is 1.72. The molecule has 0 saturated heterocycles. The molecule has 3 unspecified atom stereocenters.